The molecule has 0 atom stereocenters. The molecule has 0 aliphatic rings. The number of hydrogen-bond acceptors (Lipinski definition) is 4. The van der Waals surface area contributed by atoms with E-state index in [0.29, 0.717) is 22.9 Å². The largest absolute Gasteiger partial charge is 0.461 e. The Hall–Kier alpha value is -2.32. The number of ether oxygens (including phenoxy) is 1. The van der Waals surface area contributed by atoms with E-state index in [1.54, 1.807) is 35.9 Å². The van der Waals surface area contributed by atoms with Crippen LogP contribution in [0.2, 0.25) is 5.02 Å². The zero-order chi connectivity index (χ0) is 13.8. The number of carbonyl (C=O) groups is 1. The van der Waals surface area contributed by atoms with Crippen molar-refractivity contribution in [2.24, 2.45) is 0 Å². The summed E-state index contributed by atoms with van der Waals surface area (Å²) in [6.45, 7) is 2.03. The molecule has 1 heterocycles. The lowest BCUT2D eigenvalue weighted by Gasteiger charge is -2.03. The molecular formula is C13H10ClN3O2. The van der Waals surface area contributed by atoms with Crippen LogP contribution in [0.4, 0.5) is 0 Å². The molecule has 6 heteroatoms. The summed E-state index contributed by atoms with van der Waals surface area (Å²) in [5.41, 5.74) is 1.34. The molecule has 0 fully saturated rings. The van der Waals surface area contributed by atoms with Gasteiger partial charge in [0.15, 0.2) is 5.69 Å². The van der Waals surface area contributed by atoms with Crippen molar-refractivity contribution >= 4 is 17.6 Å². The first kappa shape index (κ1) is 13.1. The van der Waals surface area contributed by atoms with E-state index < -0.39 is 5.97 Å². The Morgan fingerprint density at radius 2 is 2.37 bits per heavy atom. The van der Waals surface area contributed by atoms with Gasteiger partial charge in [0.05, 0.1) is 17.2 Å². The molecule has 19 heavy (non-hydrogen) atoms. The highest BCUT2D eigenvalue weighted by atomic mass is 35.5. The lowest BCUT2D eigenvalue weighted by Crippen LogP contribution is -2.04. The Balaban J connectivity index is 2.31. The van der Waals surface area contributed by atoms with Gasteiger partial charge >= 0.3 is 5.97 Å². The number of nitriles is 1. The van der Waals surface area contributed by atoms with Crippen molar-refractivity contribution in [1.82, 2.24) is 9.55 Å². The second kappa shape index (κ2) is 5.55. The summed E-state index contributed by atoms with van der Waals surface area (Å²) in [6.07, 6.45) is 3.04. The Morgan fingerprint density at radius 1 is 1.58 bits per heavy atom. The van der Waals surface area contributed by atoms with E-state index in [0.717, 1.165) is 0 Å². The van der Waals surface area contributed by atoms with Crippen molar-refractivity contribution in [2.45, 2.75) is 6.92 Å². The smallest absolute Gasteiger partial charge is 0.358 e. The maximum absolute atomic E-state index is 11.5. The average Bonchev–Trinajstić information content (AvgIpc) is 2.88. The number of nitrogens with zero attached hydrogens (tertiary/aromatic N) is 3. The number of benzene rings is 1. The van der Waals surface area contributed by atoms with E-state index in [2.05, 4.69) is 4.98 Å². The Labute approximate surface area is 115 Å². The first-order valence-corrected chi connectivity index (χ1v) is 5.94. The van der Waals surface area contributed by atoms with Crippen LogP contribution in [0.5, 0.6) is 0 Å². The SMILES string of the molecule is CCOC(=O)c1cn(-c2ccc(C#N)c(Cl)c2)cn1. The molecule has 2 aromatic rings. The highest BCUT2D eigenvalue weighted by molar-refractivity contribution is 6.31. The van der Waals surface area contributed by atoms with Crippen LogP contribution in [0.15, 0.2) is 30.7 Å². The van der Waals surface area contributed by atoms with Gasteiger partial charge in [-0.05, 0) is 25.1 Å². The molecule has 1 aromatic carbocycles. The first-order valence-electron chi connectivity index (χ1n) is 5.57. The minimum atomic E-state index is -0.471. The zero-order valence-corrected chi connectivity index (χ0v) is 10.9. The Kier molecular flexibility index (Phi) is 3.83. The highest BCUT2D eigenvalue weighted by Gasteiger charge is 2.11. The number of esters is 1. The molecule has 0 saturated carbocycles. The molecular weight excluding hydrogens is 266 g/mol. The quantitative estimate of drug-likeness (QED) is 0.808. The van der Waals surface area contributed by atoms with Gasteiger partial charge in [0.1, 0.15) is 12.4 Å². The highest BCUT2D eigenvalue weighted by Crippen LogP contribution is 2.19. The Bertz CT molecular complexity index is 658. The number of aromatic nitrogens is 2. The fourth-order valence-electron chi connectivity index (χ4n) is 1.53. The van der Waals surface area contributed by atoms with Crippen molar-refractivity contribution in [3.05, 3.63) is 47.0 Å². The van der Waals surface area contributed by atoms with E-state index in [4.69, 9.17) is 21.6 Å². The minimum absolute atomic E-state index is 0.224. The minimum Gasteiger partial charge on any atom is -0.461 e. The fourth-order valence-corrected chi connectivity index (χ4v) is 1.75. The van der Waals surface area contributed by atoms with E-state index in [1.807, 2.05) is 6.07 Å². The molecule has 0 amide bonds. The van der Waals surface area contributed by atoms with Gasteiger partial charge in [0.25, 0.3) is 0 Å². The third kappa shape index (κ3) is 2.75. The molecule has 1 aromatic heterocycles. The lowest BCUT2D eigenvalue weighted by molar-refractivity contribution is 0.0520. The molecule has 0 aliphatic heterocycles. The standard InChI is InChI=1S/C13H10ClN3O2/c1-2-19-13(18)12-7-17(8-16-12)10-4-3-9(6-15)11(14)5-10/h3-5,7-8H,2H2,1H3. The van der Waals surface area contributed by atoms with Gasteiger partial charge in [0.2, 0.25) is 0 Å². The van der Waals surface area contributed by atoms with Gasteiger partial charge in [-0.1, -0.05) is 11.6 Å². The van der Waals surface area contributed by atoms with Gasteiger partial charge in [-0.15, -0.1) is 0 Å². The van der Waals surface area contributed by atoms with E-state index in [-0.39, 0.29) is 5.69 Å². The summed E-state index contributed by atoms with van der Waals surface area (Å²) in [6, 6.07) is 6.95. The van der Waals surface area contributed by atoms with Gasteiger partial charge in [-0.3, -0.25) is 0 Å². The number of hydrogen-bond donors (Lipinski definition) is 0. The second-order valence-electron chi connectivity index (χ2n) is 3.66. The fraction of sp³-hybridized carbons (Fsp3) is 0.154. The molecule has 0 spiro atoms. The van der Waals surface area contributed by atoms with Crippen LogP contribution >= 0.6 is 11.6 Å². The second-order valence-corrected chi connectivity index (χ2v) is 4.07. The van der Waals surface area contributed by atoms with Gasteiger partial charge in [-0.2, -0.15) is 5.26 Å². The molecule has 2 rings (SSSR count). The summed E-state index contributed by atoms with van der Waals surface area (Å²) < 4.78 is 6.49. The van der Waals surface area contributed by atoms with Crippen LogP contribution in [0.1, 0.15) is 23.0 Å². The Morgan fingerprint density at radius 3 is 3.00 bits per heavy atom. The molecule has 0 unspecified atom stereocenters. The van der Waals surface area contributed by atoms with Crippen LogP contribution in [0.25, 0.3) is 5.69 Å². The van der Waals surface area contributed by atoms with Crippen LogP contribution in [-0.4, -0.2) is 22.1 Å². The average molecular weight is 276 g/mol. The monoisotopic (exact) mass is 275 g/mol. The predicted molar refractivity (Wildman–Crippen MR) is 69.2 cm³/mol. The topological polar surface area (TPSA) is 67.9 Å². The summed E-state index contributed by atoms with van der Waals surface area (Å²) in [5.74, 6) is -0.471. The lowest BCUT2D eigenvalue weighted by atomic mass is 10.2. The number of halogens is 1. The van der Waals surface area contributed by atoms with E-state index in [9.17, 15) is 4.79 Å². The number of imidazole rings is 1. The third-order valence-electron chi connectivity index (χ3n) is 2.44. The molecule has 96 valence electrons. The predicted octanol–water partition coefficient (Wildman–Crippen LogP) is 2.57. The van der Waals surface area contributed by atoms with Crippen LogP contribution in [0.3, 0.4) is 0 Å². The van der Waals surface area contributed by atoms with Crippen molar-refractivity contribution < 1.29 is 9.53 Å². The molecule has 0 radical (unpaired) electrons. The van der Waals surface area contributed by atoms with Crippen molar-refractivity contribution in [2.75, 3.05) is 6.61 Å². The van der Waals surface area contributed by atoms with Crippen LogP contribution < -0.4 is 0 Å². The third-order valence-corrected chi connectivity index (χ3v) is 2.75. The summed E-state index contributed by atoms with van der Waals surface area (Å²) in [4.78, 5) is 15.5. The van der Waals surface area contributed by atoms with Crippen LogP contribution in [0, 0.1) is 11.3 Å². The van der Waals surface area contributed by atoms with Gasteiger partial charge in [-0.25, -0.2) is 9.78 Å². The van der Waals surface area contributed by atoms with E-state index >= 15 is 0 Å². The van der Waals surface area contributed by atoms with Crippen molar-refractivity contribution in [3.63, 3.8) is 0 Å². The zero-order valence-electron chi connectivity index (χ0n) is 10.1. The maximum Gasteiger partial charge on any atom is 0.358 e. The molecule has 0 N–H and O–H groups in total. The number of rotatable bonds is 3. The number of carbonyl (C=O) groups excluding carboxylic acids is 1. The summed E-state index contributed by atoms with van der Waals surface area (Å²) >= 11 is 5.95. The van der Waals surface area contributed by atoms with Crippen molar-refractivity contribution in [3.8, 4) is 11.8 Å². The van der Waals surface area contributed by atoms with Crippen molar-refractivity contribution in [1.29, 1.82) is 5.26 Å². The molecule has 0 aliphatic carbocycles. The molecule has 5 nitrogen and oxygen atoms in total. The van der Waals surface area contributed by atoms with E-state index in [1.165, 1.54) is 6.33 Å². The van der Waals surface area contributed by atoms with Gasteiger partial charge in [0, 0.05) is 11.9 Å². The maximum atomic E-state index is 11.5. The summed E-state index contributed by atoms with van der Waals surface area (Å²) in [7, 11) is 0. The molecule has 0 saturated heterocycles. The first-order chi connectivity index (χ1) is 9.15. The van der Waals surface area contributed by atoms with Gasteiger partial charge < -0.3 is 9.30 Å². The molecule has 0 bridgehead atoms. The normalized spacial score (nSPS) is 9.95. The summed E-state index contributed by atoms with van der Waals surface area (Å²) in [5, 5.41) is 9.15. The van der Waals surface area contributed by atoms with Crippen LogP contribution in [-0.2, 0) is 4.74 Å².